The van der Waals surface area contributed by atoms with Crippen molar-refractivity contribution in [2.24, 2.45) is 7.05 Å². The number of amides is 2. The van der Waals surface area contributed by atoms with E-state index in [0.717, 1.165) is 47.6 Å². The first-order valence-electron chi connectivity index (χ1n) is 16.0. The highest BCUT2D eigenvalue weighted by Crippen LogP contribution is 2.44. The van der Waals surface area contributed by atoms with Crippen molar-refractivity contribution in [3.63, 3.8) is 0 Å². The number of benzene rings is 2. The summed E-state index contributed by atoms with van der Waals surface area (Å²) in [5.41, 5.74) is 4.85. The average Bonchev–Trinajstić information content (AvgIpc) is 3.64. The molecule has 2 aromatic heterocycles. The molecule has 2 aliphatic carbocycles. The van der Waals surface area contributed by atoms with Crippen LogP contribution >= 0.6 is 0 Å². The molecule has 0 spiro atoms. The first-order valence-corrected chi connectivity index (χ1v) is 16.0. The molecule has 2 aliphatic rings. The van der Waals surface area contributed by atoms with E-state index in [2.05, 4.69) is 26.3 Å². The van der Waals surface area contributed by atoms with Crippen LogP contribution in [0.25, 0.3) is 28.4 Å². The van der Waals surface area contributed by atoms with Gasteiger partial charge in [0.15, 0.2) is 0 Å². The molecule has 238 valence electrons. The van der Waals surface area contributed by atoms with Crippen LogP contribution in [0.2, 0.25) is 0 Å². The van der Waals surface area contributed by atoms with E-state index in [9.17, 15) is 14.4 Å². The summed E-state index contributed by atoms with van der Waals surface area (Å²) in [6, 6.07) is 16.9. The highest BCUT2D eigenvalue weighted by atomic mass is 16.5. The summed E-state index contributed by atoms with van der Waals surface area (Å²) in [6.07, 6.45) is 10.8. The van der Waals surface area contributed by atoms with E-state index in [1.54, 1.807) is 18.2 Å². The molecule has 46 heavy (non-hydrogen) atoms. The third-order valence-electron chi connectivity index (χ3n) is 9.21. The number of ether oxygens (including phenoxy) is 1. The standard InChI is InChI=1S/C37H40N4O5/c1-23(2)46-31-22-27(15-12-24(31)14-17-32(42)43)39-36(45)37(18-8-19-37)40-35(44)26-13-16-28-30(21-26)41(3)34(29-11-6-7-20-38-29)33(28)25-9-4-5-10-25/h6-7,11-17,20-23,25H,4-5,8-10,18-19H2,1-3H3,(H,39,45)(H,40,44)(H,42,43)/b17-14+. The molecule has 2 saturated carbocycles. The predicted molar refractivity (Wildman–Crippen MR) is 179 cm³/mol. The summed E-state index contributed by atoms with van der Waals surface area (Å²) in [4.78, 5) is 43.1. The molecule has 2 heterocycles. The highest BCUT2D eigenvalue weighted by Gasteiger charge is 2.45. The number of nitrogens with zero attached hydrogens (tertiary/aromatic N) is 2. The molecule has 9 nitrogen and oxygen atoms in total. The molecule has 0 bridgehead atoms. The van der Waals surface area contributed by atoms with Gasteiger partial charge in [-0.15, -0.1) is 0 Å². The maximum atomic E-state index is 13.7. The summed E-state index contributed by atoms with van der Waals surface area (Å²) >= 11 is 0. The van der Waals surface area contributed by atoms with E-state index < -0.39 is 11.5 Å². The SMILES string of the molecule is CC(C)Oc1cc(NC(=O)C2(NC(=O)c3ccc4c(C5CCCC5)c(-c5ccccn5)n(C)c4c3)CCC2)ccc1/C=C/C(=O)O. The van der Waals surface area contributed by atoms with Crippen LogP contribution in [0.1, 0.15) is 86.2 Å². The number of rotatable bonds is 10. The van der Waals surface area contributed by atoms with Crippen LogP contribution in [0.4, 0.5) is 5.69 Å². The minimum Gasteiger partial charge on any atom is -0.490 e. The van der Waals surface area contributed by atoms with Crippen molar-refractivity contribution in [2.75, 3.05) is 5.32 Å². The number of nitrogens with one attached hydrogen (secondary N) is 2. The van der Waals surface area contributed by atoms with Crippen LogP contribution in [-0.2, 0) is 16.6 Å². The molecule has 4 aromatic rings. The molecule has 6 rings (SSSR count). The van der Waals surface area contributed by atoms with Gasteiger partial charge in [0.25, 0.3) is 5.91 Å². The van der Waals surface area contributed by atoms with Crippen molar-refractivity contribution in [3.8, 4) is 17.1 Å². The zero-order valence-electron chi connectivity index (χ0n) is 26.5. The number of pyridine rings is 1. The number of aromatic nitrogens is 2. The van der Waals surface area contributed by atoms with E-state index in [-0.39, 0.29) is 17.9 Å². The predicted octanol–water partition coefficient (Wildman–Crippen LogP) is 7.07. The molecule has 2 amide bonds. The summed E-state index contributed by atoms with van der Waals surface area (Å²) in [7, 11) is 2.04. The lowest BCUT2D eigenvalue weighted by Gasteiger charge is -2.40. The van der Waals surface area contributed by atoms with Crippen LogP contribution in [0, 0.1) is 0 Å². The maximum Gasteiger partial charge on any atom is 0.328 e. The number of carbonyl (C=O) groups is 3. The van der Waals surface area contributed by atoms with Crippen molar-refractivity contribution in [1.29, 1.82) is 0 Å². The number of anilines is 1. The number of hydrogen-bond donors (Lipinski definition) is 3. The second kappa shape index (κ2) is 12.8. The average molecular weight is 621 g/mol. The van der Waals surface area contributed by atoms with Crippen molar-refractivity contribution in [2.45, 2.75) is 76.4 Å². The lowest BCUT2D eigenvalue weighted by molar-refractivity contribution is -0.131. The normalized spacial score (nSPS) is 16.1. The summed E-state index contributed by atoms with van der Waals surface area (Å²) in [6.45, 7) is 3.74. The van der Waals surface area contributed by atoms with Gasteiger partial charge < -0.3 is 25.0 Å². The number of carbonyl (C=O) groups excluding carboxylic acids is 2. The first kappa shape index (κ1) is 31.1. The Morgan fingerprint density at radius 2 is 1.83 bits per heavy atom. The number of carboxylic acids is 1. The molecule has 9 heteroatoms. The Labute approximate surface area is 268 Å². The van der Waals surface area contributed by atoms with Crippen LogP contribution in [0.3, 0.4) is 0 Å². The summed E-state index contributed by atoms with van der Waals surface area (Å²) in [5, 5.41) is 16.2. The van der Waals surface area contributed by atoms with Gasteiger partial charge >= 0.3 is 5.97 Å². The smallest absolute Gasteiger partial charge is 0.328 e. The van der Waals surface area contributed by atoms with Crippen LogP contribution < -0.4 is 15.4 Å². The maximum absolute atomic E-state index is 13.7. The molecule has 3 N–H and O–H groups in total. The molecule has 0 atom stereocenters. The third kappa shape index (κ3) is 6.14. The minimum absolute atomic E-state index is 0.156. The van der Waals surface area contributed by atoms with E-state index in [4.69, 9.17) is 9.84 Å². The fourth-order valence-corrected chi connectivity index (χ4v) is 6.79. The molecule has 0 radical (unpaired) electrons. The van der Waals surface area contributed by atoms with Crippen molar-refractivity contribution >= 4 is 40.4 Å². The zero-order valence-corrected chi connectivity index (χ0v) is 26.5. The number of aliphatic carboxylic acids is 1. The van der Waals surface area contributed by atoms with Gasteiger partial charge in [-0.05, 0) is 99.9 Å². The Morgan fingerprint density at radius 3 is 2.48 bits per heavy atom. The Balaban J connectivity index is 1.26. The van der Waals surface area contributed by atoms with Crippen LogP contribution in [-0.4, -0.2) is 44.1 Å². The quantitative estimate of drug-likeness (QED) is 0.163. The molecule has 0 saturated heterocycles. The van der Waals surface area contributed by atoms with Crippen molar-refractivity contribution in [3.05, 3.63) is 83.6 Å². The van der Waals surface area contributed by atoms with Gasteiger partial charge in [0.1, 0.15) is 11.3 Å². The topological polar surface area (TPSA) is 123 Å². The van der Waals surface area contributed by atoms with E-state index in [1.165, 1.54) is 24.5 Å². The number of fused-ring (bicyclic) bond motifs is 1. The monoisotopic (exact) mass is 620 g/mol. The second-order valence-electron chi connectivity index (χ2n) is 12.7. The lowest BCUT2D eigenvalue weighted by Crippen LogP contribution is -2.61. The molecular formula is C37H40N4O5. The van der Waals surface area contributed by atoms with Gasteiger partial charge in [-0.2, -0.15) is 0 Å². The van der Waals surface area contributed by atoms with Gasteiger partial charge in [-0.3, -0.25) is 14.6 Å². The number of hydrogen-bond acceptors (Lipinski definition) is 5. The second-order valence-corrected chi connectivity index (χ2v) is 12.7. The molecule has 2 aromatic carbocycles. The third-order valence-corrected chi connectivity index (χ3v) is 9.21. The van der Waals surface area contributed by atoms with Gasteiger partial charge in [-0.1, -0.05) is 25.0 Å². The van der Waals surface area contributed by atoms with Gasteiger partial charge in [-0.25, -0.2) is 4.79 Å². The molecule has 0 unspecified atom stereocenters. The summed E-state index contributed by atoms with van der Waals surface area (Å²) in [5.74, 6) is -0.745. The largest absolute Gasteiger partial charge is 0.490 e. The molecule has 2 fully saturated rings. The van der Waals surface area contributed by atoms with Crippen LogP contribution in [0.15, 0.2) is 66.9 Å². The fraction of sp³-hybridized carbons (Fsp3) is 0.351. The van der Waals surface area contributed by atoms with Crippen molar-refractivity contribution < 1.29 is 24.2 Å². The summed E-state index contributed by atoms with van der Waals surface area (Å²) < 4.78 is 8.05. The van der Waals surface area contributed by atoms with Crippen molar-refractivity contribution in [1.82, 2.24) is 14.9 Å². The number of aryl methyl sites for hydroxylation is 1. The molecule has 0 aliphatic heterocycles. The molecular weight excluding hydrogens is 580 g/mol. The van der Waals surface area contributed by atoms with Gasteiger partial charge in [0.05, 0.1) is 17.5 Å². The van der Waals surface area contributed by atoms with E-state index in [0.29, 0.717) is 41.3 Å². The van der Waals surface area contributed by atoms with Gasteiger partial charge in [0, 0.05) is 53.1 Å². The van der Waals surface area contributed by atoms with Gasteiger partial charge in [0.2, 0.25) is 5.91 Å². The Kier molecular flexibility index (Phi) is 8.67. The van der Waals surface area contributed by atoms with Crippen LogP contribution in [0.5, 0.6) is 5.75 Å². The Bertz CT molecular complexity index is 1810. The Hall–Kier alpha value is -4.92. The van der Waals surface area contributed by atoms with E-state index >= 15 is 0 Å². The van der Waals surface area contributed by atoms with E-state index in [1.807, 2.05) is 57.4 Å². The fourth-order valence-electron chi connectivity index (χ4n) is 6.79. The number of carboxylic acid groups (broad SMARTS) is 1. The minimum atomic E-state index is -1.07. The lowest BCUT2D eigenvalue weighted by atomic mass is 9.75. The first-order chi connectivity index (χ1) is 22.1. The highest BCUT2D eigenvalue weighted by molar-refractivity contribution is 6.06. The Morgan fingerprint density at radius 1 is 1.04 bits per heavy atom. The zero-order chi connectivity index (χ0) is 32.4.